The summed E-state index contributed by atoms with van der Waals surface area (Å²) in [7, 11) is 3.39. The first kappa shape index (κ1) is 16.1. The third kappa shape index (κ3) is 3.77. The molecule has 1 N–H and O–H groups in total. The van der Waals surface area contributed by atoms with Crippen LogP contribution in [0.25, 0.3) is 0 Å². The molecule has 1 unspecified atom stereocenters. The van der Waals surface area contributed by atoms with E-state index in [0.29, 0.717) is 6.04 Å². The van der Waals surface area contributed by atoms with Crippen LogP contribution in [0.15, 0.2) is 12.1 Å². The zero-order chi connectivity index (χ0) is 13.0. The molecule has 0 radical (unpaired) electrons. The van der Waals surface area contributed by atoms with Gasteiger partial charge in [-0.2, -0.15) is 0 Å². The van der Waals surface area contributed by atoms with E-state index in [4.69, 9.17) is 9.47 Å². The Bertz CT molecular complexity index is 409. The first-order chi connectivity index (χ1) is 8.78. The molecule has 1 aliphatic rings. The monoisotopic (exact) mass is 285 g/mol. The molecule has 4 heteroatoms. The van der Waals surface area contributed by atoms with Crippen LogP contribution in [0.2, 0.25) is 0 Å². The number of fused-ring (bicyclic) bond motifs is 1. The largest absolute Gasteiger partial charge is 0.493 e. The van der Waals surface area contributed by atoms with Crippen molar-refractivity contribution in [1.29, 1.82) is 0 Å². The van der Waals surface area contributed by atoms with Crippen molar-refractivity contribution in [2.75, 3.05) is 20.8 Å². The molecular weight excluding hydrogens is 262 g/mol. The molecular formula is C15H24ClNO2. The van der Waals surface area contributed by atoms with Crippen molar-refractivity contribution in [3.63, 3.8) is 0 Å². The minimum atomic E-state index is 0. The number of halogens is 1. The standard InChI is InChI=1S/C15H23NO2.ClH/c1-4-7-16-13-6-5-11-9-14(17-2)15(18-3)10-12(11)8-13;/h9-10,13,16H,4-8H2,1-3H3;1H. The van der Waals surface area contributed by atoms with Gasteiger partial charge in [0.25, 0.3) is 0 Å². The van der Waals surface area contributed by atoms with Crippen LogP contribution in [0.5, 0.6) is 11.5 Å². The van der Waals surface area contributed by atoms with Crippen molar-refractivity contribution in [1.82, 2.24) is 5.32 Å². The highest BCUT2D eigenvalue weighted by atomic mass is 35.5. The van der Waals surface area contributed by atoms with E-state index in [0.717, 1.165) is 30.9 Å². The number of aryl methyl sites for hydroxylation is 1. The number of methoxy groups -OCH3 is 2. The maximum Gasteiger partial charge on any atom is 0.161 e. The van der Waals surface area contributed by atoms with Gasteiger partial charge in [-0.15, -0.1) is 12.4 Å². The number of nitrogens with one attached hydrogen (secondary N) is 1. The maximum atomic E-state index is 5.37. The minimum Gasteiger partial charge on any atom is -0.493 e. The quantitative estimate of drug-likeness (QED) is 0.902. The second-order valence-electron chi connectivity index (χ2n) is 4.87. The molecule has 1 atom stereocenters. The first-order valence-corrected chi connectivity index (χ1v) is 6.75. The van der Waals surface area contributed by atoms with Crippen LogP contribution in [0.3, 0.4) is 0 Å². The molecule has 0 heterocycles. The molecule has 2 rings (SSSR count). The van der Waals surface area contributed by atoms with Gasteiger partial charge in [-0.1, -0.05) is 6.92 Å². The van der Waals surface area contributed by atoms with Gasteiger partial charge >= 0.3 is 0 Å². The third-order valence-electron chi connectivity index (χ3n) is 3.62. The van der Waals surface area contributed by atoms with E-state index in [9.17, 15) is 0 Å². The minimum absolute atomic E-state index is 0. The fraction of sp³-hybridized carbons (Fsp3) is 0.600. The van der Waals surface area contributed by atoms with Crippen LogP contribution in [0.1, 0.15) is 30.9 Å². The maximum absolute atomic E-state index is 5.37. The lowest BCUT2D eigenvalue weighted by molar-refractivity contribution is 0.352. The molecule has 19 heavy (non-hydrogen) atoms. The summed E-state index contributed by atoms with van der Waals surface area (Å²) in [6.07, 6.45) is 4.62. The lowest BCUT2D eigenvalue weighted by atomic mass is 9.88. The van der Waals surface area contributed by atoms with E-state index < -0.39 is 0 Å². The Morgan fingerprint density at radius 3 is 2.37 bits per heavy atom. The Morgan fingerprint density at radius 1 is 1.16 bits per heavy atom. The van der Waals surface area contributed by atoms with Crippen LogP contribution in [0, 0.1) is 0 Å². The van der Waals surface area contributed by atoms with Crippen molar-refractivity contribution in [3.05, 3.63) is 23.3 Å². The van der Waals surface area contributed by atoms with E-state index in [1.165, 1.54) is 24.0 Å². The van der Waals surface area contributed by atoms with Crippen molar-refractivity contribution in [2.24, 2.45) is 0 Å². The predicted octanol–water partition coefficient (Wildman–Crippen LogP) is 2.98. The highest BCUT2D eigenvalue weighted by molar-refractivity contribution is 5.85. The number of hydrogen-bond acceptors (Lipinski definition) is 3. The van der Waals surface area contributed by atoms with Gasteiger partial charge in [0, 0.05) is 6.04 Å². The summed E-state index contributed by atoms with van der Waals surface area (Å²) in [5.41, 5.74) is 2.80. The predicted molar refractivity (Wildman–Crippen MR) is 80.9 cm³/mol. The summed E-state index contributed by atoms with van der Waals surface area (Å²) < 4.78 is 10.7. The number of ether oxygens (including phenoxy) is 2. The summed E-state index contributed by atoms with van der Waals surface area (Å²) in [4.78, 5) is 0. The molecule has 1 aliphatic carbocycles. The second kappa shape index (κ2) is 7.61. The molecule has 0 aliphatic heterocycles. The Balaban J connectivity index is 0.00000180. The van der Waals surface area contributed by atoms with Gasteiger partial charge in [0.05, 0.1) is 14.2 Å². The summed E-state index contributed by atoms with van der Waals surface area (Å²) in [5.74, 6) is 1.68. The molecule has 108 valence electrons. The van der Waals surface area contributed by atoms with Gasteiger partial charge < -0.3 is 14.8 Å². The van der Waals surface area contributed by atoms with Crippen LogP contribution >= 0.6 is 12.4 Å². The van der Waals surface area contributed by atoms with Gasteiger partial charge in [0.2, 0.25) is 0 Å². The zero-order valence-corrected chi connectivity index (χ0v) is 12.8. The first-order valence-electron chi connectivity index (χ1n) is 6.75. The Labute approximate surface area is 122 Å². The van der Waals surface area contributed by atoms with Crippen LogP contribution in [0.4, 0.5) is 0 Å². The molecule has 0 fully saturated rings. The molecule has 0 amide bonds. The van der Waals surface area contributed by atoms with Gasteiger partial charge in [-0.3, -0.25) is 0 Å². The van der Waals surface area contributed by atoms with Crippen molar-refractivity contribution < 1.29 is 9.47 Å². The van der Waals surface area contributed by atoms with E-state index in [2.05, 4.69) is 24.4 Å². The highest BCUT2D eigenvalue weighted by Crippen LogP contribution is 2.34. The SMILES string of the molecule is CCCNC1CCc2cc(OC)c(OC)cc2C1.Cl. The summed E-state index contributed by atoms with van der Waals surface area (Å²) in [5, 5.41) is 3.61. The van der Waals surface area contributed by atoms with Gasteiger partial charge in [0.15, 0.2) is 11.5 Å². The van der Waals surface area contributed by atoms with Crippen LogP contribution in [-0.2, 0) is 12.8 Å². The Morgan fingerprint density at radius 2 is 1.79 bits per heavy atom. The molecule has 0 saturated carbocycles. The van der Waals surface area contributed by atoms with Gasteiger partial charge in [-0.25, -0.2) is 0 Å². The van der Waals surface area contributed by atoms with E-state index in [-0.39, 0.29) is 12.4 Å². The molecule has 0 spiro atoms. The van der Waals surface area contributed by atoms with Crippen LogP contribution < -0.4 is 14.8 Å². The summed E-state index contributed by atoms with van der Waals surface area (Å²) in [6.45, 7) is 3.31. The van der Waals surface area contributed by atoms with E-state index >= 15 is 0 Å². The normalized spacial score (nSPS) is 17.3. The lowest BCUT2D eigenvalue weighted by Gasteiger charge is -2.26. The molecule has 0 aromatic heterocycles. The summed E-state index contributed by atoms with van der Waals surface area (Å²) >= 11 is 0. The van der Waals surface area contributed by atoms with Crippen molar-refractivity contribution in [2.45, 2.75) is 38.6 Å². The smallest absolute Gasteiger partial charge is 0.161 e. The molecule has 1 aromatic rings. The lowest BCUT2D eigenvalue weighted by Crippen LogP contribution is -2.34. The number of rotatable bonds is 5. The van der Waals surface area contributed by atoms with Crippen molar-refractivity contribution >= 4 is 12.4 Å². The zero-order valence-electron chi connectivity index (χ0n) is 12.0. The average molecular weight is 286 g/mol. The molecule has 1 aromatic carbocycles. The fourth-order valence-electron chi connectivity index (χ4n) is 2.61. The van der Waals surface area contributed by atoms with Crippen molar-refractivity contribution in [3.8, 4) is 11.5 Å². The van der Waals surface area contributed by atoms with Gasteiger partial charge in [0.1, 0.15) is 0 Å². The fourth-order valence-corrected chi connectivity index (χ4v) is 2.61. The van der Waals surface area contributed by atoms with E-state index in [1.54, 1.807) is 14.2 Å². The third-order valence-corrected chi connectivity index (χ3v) is 3.62. The Kier molecular flexibility index (Phi) is 6.46. The second-order valence-corrected chi connectivity index (χ2v) is 4.87. The number of benzene rings is 1. The topological polar surface area (TPSA) is 30.5 Å². The Hall–Kier alpha value is -0.930. The van der Waals surface area contributed by atoms with Crippen LogP contribution in [-0.4, -0.2) is 26.8 Å². The highest BCUT2D eigenvalue weighted by Gasteiger charge is 2.20. The van der Waals surface area contributed by atoms with E-state index in [1.807, 2.05) is 0 Å². The average Bonchev–Trinajstić information content (AvgIpc) is 2.43. The molecule has 0 bridgehead atoms. The summed E-state index contributed by atoms with van der Waals surface area (Å²) in [6, 6.07) is 4.87. The number of hydrogen-bond donors (Lipinski definition) is 1. The molecule has 3 nitrogen and oxygen atoms in total. The molecule has 0 saturated heterocycles. The van der Waals surface area contributed by atoms with Gasteiger partial charge in [-0.05, 0) is 55.5 Å².